The van der Waals surface area contributed by atoms with Gasteiger partial charge in [-0.1, -0.05) is 24.8 Å². The van der Waals surface area contributed by atoms with Crippen molar-refractivity contribution in [1.29, 1.82) is 0 Å². The number of aryl methyl sites for hydroxylation is 1. The van der Waals surface area contributed by atoms with Gasteiger partial charge in [0.2, 0.25) is 0 Å². The Morgan fingerprint density at radius 3 is 2.75 bits per heavy atom. The van der Waals surface area contributed by atoms with Gasteiger partial charge in [0, 0.05) is 12.1 Å². The predicted molar refractivity (Wildman–Crippen MR) is 53.0 cm³/mol. The molecule has 1 heterocycles. The van der Waals surface area contributed by atoms with Crippen molar-refractivity contribution in [3.8, 4) is 0 Å². The molecule has 0 aromatic carbocycles. The third-order valence-electron chi connectivity index (χ3n) is 1.71. The second-order valence-electron chi connectivity index (χ2n) is 2.69. The summed E-state index contributed by atoms with van der Waals surface area (Å²) in [7, 11) is 0. The fourth-order valence-corrected chi connectivity index (χ4v) is 1.11. The molecule has 0 aliphatic rings. The van der Waals surface area contributed by atoms with Gasteiger partial charge in [0.1, 0.15) is 0 Å². The quantitative estimate of drug-likeness (QED) is 0.618. The van der Waals surface area contributed by atoms with Crippen LogP contribution in [0.5, 0.6) is 0 Å². The maximum atomic E-state index is 4.39. The first-order valence-corrected chi connectivity index (χ1v) is 3.97. The van der Waals surface area contributed by atoms with E-state index in [0.29, 0.717) is 0 Å². The number of allylic oxidation sites excluding steroid dienone is 1. The second kappa shape index (κ2) is 3.86. The standard InChI is InChI=1S/C11H13N/c1-4-6-11-10(5-2)8-7-9(3)12-11/h4-5,7-8H,1-2,6H2,3H3. The van der Waals surface area contributed by atoms with E-state index in [1.165, 1.54) is 0 Å². The van der Waals surface area contributed by atoms with E-state index in [9.17, 15) is 0 Å². The summed E-state index contributed by atoms with van der Waals surface area (Å²) in [5.74, 6) is 0. The Balaban J connectivity index is 3.11. The molecule has 1 heteroatoms. The van der Waals surface area contributed by atoms with Crippen molar-refractivity contribution >= 4 is 6.08 Å². The molecule has 1 aromatic heterocycles. The molecule has 0 spiro atoms. The average Bonchev–Trinajstić information content (AvgIpc) is 2.05. The molecule has 0 saturated carbocycles. The first-order valence-electron chi connectivity index (χ1n) is 3.97. The van der Waals surface area contributed by atoms with Crippen LogP contribution in [0.3, 0.4) is 0 Å². The number of hydrogen-bond acceptors (Lipinski definition) is 1. The topological polar surface area (TPSA) is 12.9 Å². The summed E-state index contributed by atoms with van der Waals surface area (Å²) < 4.78 is 0. The van der Waals surface area contributed by atoms with Crippen molar-refractivity contribution in [3.05, 3.63) is 48.3 Å². The molecule has 12 heavy (non-hydrogen) atoms. The summed E-state index contributed by atoms with van der Waals surface area (Å²) in [5.41, 5.74) is 3.19. The molecule has 0 atom stereocenters. The molecule has 0 unspecified atom stereocenters. The van der Waals surface area contributed by atoms with Gasteiger partial charge in [-0.2, -0.15) is 0 Å². The van der Waals surface area contributed by atoms with Gasteiger partial charge in [0.05, 0.1) is 5.69 Å². The molecular formula is C11H13N. The Bertz CT molecular complexity index is 300. The van der Waals surface area contributed by atoms with Crippen molar-refractivity contribution < 1.29 is 0 Å². The summed E-state index contributed by atoms with van der Waals surface area (Å²) in [6, 6.07) is 4.03. The first kappa shape index (κ1) is 8.72. The van der Waals surface area contributed by atoms with Crippen molar-refractivity contribution in [2.45, 2.75) is 13.3 Å². The highest BCUT2D eigenvalue weighted by molar-refractivity contribution is 5.50. The van der Waals surface area contributed by atoms with Gasteiger partial charge >= 0.3 is 0 Å². The van der Waals surface area contributed by atoms with Gasteiger partial charge < -0.3 is 0 Å². The van der Waals surface area contributed by atoms with E-state index >= 15 is 0 Å². The van der Waals surface area contributed by atoms with Crippen molar-refractivity contribution in [1.82, 2.24) is 4.98 Å². The van der Waals surface area contributed by atoms with Gasteiger partial charge in [-0.15, -0.1) is 6.58 Å². The molecule has 62 valence electrons. The maximum Gasteiger partial charge on any atom is 0.0516 e. The SMILES string of the molecule is C=CCc1nc(C)ccc1C=C. The van der Waals surface area contributed by atoms with Crippen molar-refractivity contribution in [2.24, 2.45) is 0 Å². The first-order chi connectivity index (χ1) is 5.77. The van der Waals surface area contributed by atoms with E-state index in [1.54, 1.807) is 0 Å². The van der Waals surface area contributed by atoms with Crippen LogP contribution in [0.4, 0.5) is 0 Å². The fourth-order valence-electron chi connectivity index (χ4n) is 1.11. The number of hydrogen-bond donors (Lipinski definition) is 0. The summed E-state index contributed by atoms with van der Waals surface area (Å²) in [4.78, 5) is 4.39. The van der Waals surface area contributed by atoms with E-state index in [1.807, 2.05) is 31.2 Å². The Hall–Kier alpha value is -1.37. The van der Waals surface area contributed by atoms with Gasteiger partial charge in [0.15, 0.2) is 0 Å². The summed E-state index contributed by atoms with van der Waals surface area (Å²) in [6.07, 6.45) is 4.49. The summed E-state index contributed by atoms with van der Waals surface area (Å²) in [5, 5.41) is 0. The lowest BCUT2D eigenvalue weighted by Gasteiger charge is -2.02. The molecule has 0 bridgehead atoms. The Labute approximate surface area is 73.5 Å². The molecule has 1 aromatic rings. The van der Waals surface area contributed by atoms with Crippen LogP contribution < -0.4 is 0 Å². The summed E-state index contributed by atoms with van der Waals surface area (Å²) >= 11 is 0. The van der Waals surface area contributed by atoms with Crippen LogP contribution in [0.15, 0.2) is 31.4 Å². The van der Waals surface area contributed by atoms with Crippen LogP contribution >= 0.6 is 0 Å². The Morgan fingerprint density at radius 2 is 2.17 bits per heavy atom. The number of rotatable bonds is 3. The zero-order chi connectivity index (χ0) is 8.97. The molecule has 0 amide bonds. The van der Waals surface area contributed by atoms with E-state index in [2.05, 4.69) is 18.1 Å². The lowest BCUT2D eigenvalue weighted by molar-refractivity contribution is 1.06. The van der Waals surface area contributed by atoms with Crippen LogP contribution in [0.2, 0.25) is 0 Å². The van der Waals surface area contributed by atoms with Crippen molar-refractivity contribution in [2.75, 3.05) is 0 Å². The van der Waals surface area contributed by atoms with Crippen molar-refractivity contribution in [3.63, 3.8) is 0 Å². The molecule has 1 nitrogen and oxygen atoms in total. The fraction of sp³-hybridized carbons (Fsp3) is 0.182. The van der Waals surface area contributed by atoms with Gasteiger partial charge in [-0.3, -0.25) is 4.98 Å². The van der Waals surface area contributed by atoms with Gasteiger partial charge in [0.25, 0.3) is 0 Å². The van der Waals surface area contributed by atoms with E-state index in [4.69, 9.17) is 0 Å². The van der Waals surface area contributed by atoms with Gasteiger partial charge in [-0.25, -0.2) is 0 Å². The minimum absolute atomic E-state index is 0.809. The molecule has 0 radical (unpaired) electrons. The van der Waals surface area contributed by atoms with E-state index in [-0.39, 0.29) is 0 Å². The van der Waals surface area contributed by atoms with Crippen LogP contribution in [0.1, 0.15) is 17.0 Å². The zero-order valence-corrected chi connectivity index (χ0v) is 7.38. The monoisotopic (exact) mass is 159 g/mol. The second-order valence-corrected chi connectivity index (χ2v) is 2.69. The Kier molecular flexibility index (Phi) is 2.81. The molecule has 0 fully saturated rings. The van der Waals surface area contributed by atoms with Crippen LogP contribution in [0, 0.1) is 6.92 Å². The smallest absolute Gasteiger partial charge is 0.0516 e. The third kappa shape index (κ3) is 1.82. The van der Waals surface area contributed by atoms with Crippen LogP contribution in [-0.2, 0) is 6.42 Å². The third-order valence-corrected chi connectivity index (χ3v) is 1.71. The van der Waals surface area contributed by atoms with E-state index in [0.717, 1.165) is 23.4 Å². The lowest BCUT2D eigenvalue weighted by Crippen LogP contribution is -1.93. The molecular weight excluding hydrogens is 146 g/mol. The highest BCUT2D eigenvalue weighted by Crippen LogP contribution is 2.09. The molecule has 0 saturated heterocycles. The molecule has 0 aliphatic heterocycles. The normalized spacial score (nSPS) is 9.42. The highest BCUT2D eigenvalue weighted by atomic mass is 14.7. The molecule has 0 aliphatic carbocycles. The molecule has 0 N–H and O–H groups in total. The van der Waals surface area contributed by atoms with E-state index < -0.39 is 0 Å². The van der Waals surface area contributed by atoms with Crippen LogP contribution in [-0.4, -0.2) is 4.98 Å². The largest absolute Gasteiger partial charge is 0.257 e. The maximum absolute atomic E-state index is 4.39. The van der Waals surface area contributed by atoms with Gasteiger partial charge in [-0.05, 0) is 18.6 Å². The number of pyridine rings is 1. The average molecular weight is 159 g/mol. The highest BCUT2D eigenvalue weighted by Gasteiger charge is 1.98. The minimum atomic E-state index is 0.809. The lowest BCUT2D eigenvalue weighted by atomic mass is 10.1. The summed E-state index contributed by atoms with van der Waals surface area (Å²) in [6.45, 7) is 9.40. The minimum Gasteiger partial charge on any atom is -0.257 e. The van der Waals surface area contributed by atoms with Crippen LogP contribution in [0.25, 0.3) is 6.08 Å². The molecule has 1 rings (SSSR count). The Morgan fingerprint density at radius 1 is 1.42 bits per heavy atom. The number of nitrogens with zero attached hydrogens (tertiary/aromatic N) is 1. The predicted octanol–water partition coefficient (Wildman–Crippen LogP) is 2.76. The number of aromatic nitrogens is 1. The zero-order valence-electron chi connectivity index (χ0n) is 7.38.